The quantitative estimate of drug-likeness (QED) is 0.883. The van der Waals surface area contributed by atoms with Crippen LogP contribution in [0.2, 0.25) is 0 Å². The van der Waals surface area contributed by atoms with E-state index in [1.165, 1.54) is 12.3 Å². The van der Waals surface area contributed by atoms with Crippen LogP contribution in [0, 0.1) is 0 Å². The molecule has 16 heavy (non-hydrogen) atoms. The van der Waals surface area contributed by atoms with E-state index in [9.17, 15) is 8.42 Å². The van der Waals surface area contributed by atoms with E-state index in [2.05, 4.69) is 25.6 Å². The molecule has 1 aromatic rings. The van der Waals surface area contributed by atoms with Gasteiger partial charge in [-0.15, -0.1) is 0 Å². The van der Waals surface area contributed by atoms with Crippen LogP contribution in [0.4, 0.5) is 5.82 Å². The number of pyridine rings is 1. The largest absolute Gasteiger partial charge is 0.383 e. The molecular formula is C9H14BrN3O2S. The SMILES string of the molecule is CCC(C)NS(=O)(=O)c1cc(Br)cnc1N. The molecule has 1 rings (SSSR count). The Kier molecular flexibility index (Phi) is 4.28. The lowest BCUT2D eigenvalue weighted by Gasteiger charge is -2.13. The van der Waals surface area contributed by atoms with Crippen molar-refractivity contribution in [3.63, 3.8) is 0 Å². The highest BCUT2D eigenvalue weighted by Crippen LogP contribution is 2.20. The van der Waals surface area contributed by atoms with Crippen LogP contribution in [-0.4, -0.2) is 19.4 Å². The van der Waals surface area contributed by atoms with Crippen LogP contribution in [-0.2, 0) is 10.0 Å². The molecule has 0 spiro atoms. The molecule has 0 bridgehead atoms. The molecule has 5 nitrogen and oxygen atoms in total. The second-order valence-electron chi connectivity index (χ2n) is 3.47. The van der Waals surface area contributed by atoms with Gasteiger partial charge in [0.1, 0.15) is 10.7 Å². The average Bonchev–Trinajstić information content (AvgIpc) is 2.20. The molecule has 0 amide bonds. The summed E-state index contributed by atoms with van der Waals surface area (Å²) in [5.74, 6) is -0.000923. The van der Waals surface area contributed by atoms with E-state index in [4.69, 9.17) is 5.73 Å². The van der Waals surface area contributed by atoms with E-state index in [-0.39, 0.29) is 16.8 Å². The zero-order valence-electron chi connectivity index (χ0n) is 9.07. The molecule has 3 N–H and O–H groups in total. The van der Waals surface area contributed by atoms with Gasteiger partial charge in [-0.05, 0) is 35.3 Å². The topological polar surface area (TPSA) is 85.1 Å². The van der Waals surface area contributed by atoms with E-state index in [0.717, 1.165) is 0 Å². The maximum Gasteiger partial charge on any atom is 0.244 e. The summed E-state index contributed by atoms with van der Waals surface area (Å²) in [6, 6.07) is 1.30. The van der Waals surface area contributed by atoms with Gasteiger partial charge in [0.25, 0.3) is 0 Å². The van der Waals surface area contributed by atoms with E-state index in [1.807, 2.05) is 6.92 Å². The van der Waals surface area contributed by atoms with E-state index >= 15 is 0 Å². The van der Waals surface area contributed by atoms with Gasteiger partial charge in [0.15, 0.2) is 0 Å². The van der Waals surface area contributed by atoms with Crippen molar-refractivity contribution in [2.45, 2.75) is 31.2 Å². The number of halogens is 1. The smallest absolute Gasteiger partial charge is 0.244 e. The number of aromatic nitrogens is 1. The Morgan fingerprint density at radius 3 is 2.81 bits per heavy atom. The van der Waals surface area contributed by atoms with Crippen molar-refractivity contribution >= 4 is 31.8 Å². The number of nitrogen functional groups attached to an aromatic ring is 1. The van der Waals surface area contributed by atoms with Crippen LogP contribution in [0.3, 0.4) is 0 Å². The maximum absolute atomic E-state index is 11.9. The zero-order chi connectivity index (χ0) is 12.3. The highest BCUT2D eigenvalue weighted by atomic mass is 79.9. The third-order valence-electron chi connectivity index (χ3n) is 2.11. The van der Waals surface area contributed by atoms with Gasteiger partial charge in [0.05, 0.1) is 0 Å². The lowest BCUT2D eigenvalue weighted by Crippen LogP contribution is -2.32. The minimum atomic E-state index is -3.59. The third-order valence-corrected chi connectivity index (χ3v) is 4.16. The monoisotopic (exact) mass is 307 g/mol. The first-order valence-electron chi connectivity index (χ1n) is 4.80. The van der Waals surface area contributed by atoms with Gasteiger partial charge in [-0.25, -0.2) is 18.1 Å². The first-order valence-corrected chi connectivity index (χ1v) is 7.07. The predicted octanol–water partition coefficient (Wildman–Crippen LogP) is 1.50. The molecule has 7 heteroatoms. The molecule has 0 radical (unpaired) electrons. The lowest BCUT2D eigenvalue weighted by atomic mass is 10.3. The fraction of sp³-hybridized carbons (Fsp3) is 0.444. The highest BCUT2D eigenvalue weighted by Gasteiger charge is 2.20. The van der Waals surface area contributed by atoms with Crippen LogP contribution in [0.15, 0.2) is 21.6 Å². The predicted molar refractivity (Wildman–Crippen MR) is 66.4 cm³/mol. The second-order valence-corrected chi connectivity index (χ2v) is 6.07. The summed E-state index contributed by atoms with van der Waals surface area (Å²) in [7, 11) is -3.59. The highest BCUT2D eigenvalue weighted by molar-refractivity contribution is 9.10. The number of nitrogens with zero attached hydrogens (tertiary/aromatic N) is 1. The summed E-state index contributed by atoms with van der Waals surface area (Å²) >= 11 is 3.16. The van der Waals surface area contributed by atoms with Crippen LogP contribution in [0.1, 0.15) is 20.3 Å². The lowest BCUT2D eigenvalue weighted by molar-refractivity contribution is 0.556. The van der Waals surface area contributed by atoms with Crippen LogP contribution >= 0.6 is 15.9 Å². The molecule has 0 aliphatic carbocycles. The van der Waals surface area contributed by atoms with Gasteiger partial charge in [0, 0.05) is 16.7 Å². The van der Waals surface area contributed by atoms with Crippen molar-refractivity contribution in [1.82, 2.24) is 9.71 Å². The first kappa shape index (κ1) is 13.4. The summed E-state index contributed by atoms with van der Waals surface area (Å²) < 4.78 is 26.9. The molecule has 1 unspecified atom stereocenters. The van der Waals surface area contributed by atoms with Crippen LogP contribution < -0.4 is 10.5 Å². The summed E-state index contributed by atoms with van der Waals surface area (Å²) in [5, 5.41) is 0. The Bertz CT molecular complexity index is 476. The number of nitrogens with two attached hydrogens (primary N) is 1. The number of hydrogen-bond donors (Lipinski definition) is 2. The molecule has 0 aromatic carbocycles. The number of sulfonamides is 1. The standard InChI is InChI=1S/C9H14BrN3O2S/c1-3-6(2)13-16(14,15)8-4-7(10)5-12-9(8)11/h4-6,13H,3H2,1-2H3,(H2,11,12). The van der Waals surface area contributed by atoms with Crippen molar-refractivity contribution in [1.29, 1.82) is 0 Å². The molecule has 1 aromatic heterocycles. The number of hydrogen-bond acceptors (Lipinski definition) is 4. The Labute approximate surface area is 104 Å². The summed E-state index contributed by atoms with van der Waals surface area (Å²) in [4.78, 5) is 3.79. The van der Waals surface area contributed by atoms with Gasteiger partial charge in [-0.2, -0.15) is 0 Å². The van der Waals surface area contributed by atoms with Gasteiger partial charge < -0.3 is 5.73 Å². The van der Waals surface area contributed by atoms with Gasteiger partial charge in [-0.1, -0.05) is 6.92 Å². The molecule has 0 aliphatic heterocycles. The third kappa shape index (κ3) is 3.16. The van der Waals surface area contributed by atoms with E-state index < -0.39 is 10.0 Å². The zero-order valence-corrected chi connectivity index (χ0v) is 11.5. The molecule has 0 aliphatic rings. The molecule has 90 valence electrons. The number of anilines is 1. The number of rotatable bonds is 4. The van der Waals surface area contributed by atoms with Gasteiger partial charge >= 0.3 is 0 Å². The van der Waals surface area contributed by atoms with Crippen molar-refractivity contribution in [3.8, 4) is 0 Å². The summed E-state index contributed by atoms with van der Waals surface area (Å²) in [6.07, 6.45) is 2.16. The molecule has 0 saturated carbocycles. The first-order chi connectivity index (χ1) is 7.36. The second kappa shape index (κ2) is 5.11. The normalized spacial score (nSPS) is 13.7. The maximum atomic E-state index is 11.9. The molecule has 0 fully saturated rings. The van der Waals surface area contributed by atoms with Crippen molar-refractivity contribution in [2.75, 3.05) is 5.73 Å². The van der Waals surface area contributed by atoms with Crippen LogP contribution in [0.5, 0.6) is 0 Å². The van der Waals surface area contributed by atoms with Crippen LogP contribution in [0.25, 0.3) is 0 Å². The van der Waals surface area contributed by atoms with Crippen molar-refractivity contribution < 1.29 is 8.42 Å². The summed E-state index contributed by atoms with van der Waals surface area (Å²) in [5.41, 5.74) is 5.54. The van der Waals surface area contributed by atoms with Gasteiger partial charge in [-0.3, -0.25) is 0 Å². The minimum absolute atomic E-state index is 0.000923. The fourth-order valence-electron chi connectivity index (χ4n) is 1.06. The number of nitrogens with one attached hydrogen (secondary N) is 1. The fourth-order valence-corrected chi connectivity index (χ4v) is 2.97. The van der Waals surface area contributed by atoms with E-state index in [1.54, 1.807) is 6.92 Å². The Morgan fingerprint density at radius 1 is 1.62 bits per heavy atom. The van der Waals surface area contributed by atoms with E-state index in [0.29, 0.717) is 10.9 Å². The average molecular weight is 308 g/mol. The Hall–Kier alpha value is -0.660. The minimum Gasteiger partial charge on any atom is -0.383 e. The van der Waals surface area contributed by atoms with Crippen molar-refractivity contribution in [3.05, 3.63) is 16.7 Å². The Balaban J connectivity index is 3.12. The van der Waals surface area contributed by atoms with Crippen molar-refractivity contribution in [2.24, 2.45) is 0 Å². The molecule has 1 atom stereocenters. The molecule has 1 heterocycles. The van der Waals surface area contributed by atoms with Gasteiger partial charge in [0.2, 0.25) is 10.0 Å². The Morgan fingerprint density at radius 2 is 2.25 bits per heavy atom. The molecule has 0 saturated heterocycles. The summed E-state index contributed by atoms with van der Waals surface area (Å²) in [6.45, 7) is 3.69. The molecular weight excluding hydrogens is 294 g/mol.